The van der Waals surface area contributed by atoms with Crippen LogP contribution in [0.3, 0.4) is 0 Å². The van der Waals surface area contributed by atoms with E-state index in [9.17, 15) is 9.65 Å². The van der Waals surface area contributed by atoms with Gasteiger partial charge in [0.15, 0.2) is 11.6 Å². The van der Waals surface area contributed by atoms with E-state index in [1.54, 1.807) is 0 Å². The predicted octanol–water partition coefficient (Wildman–Crippen LogP) is 6.14. The minimum Gasteiger partial charge on any atom is -0.489 e. The van der Waals surface area contributed by atoms with Crippen molar-refractivity contribution in [2.24, 2.45) is 0 Å². The van der Waals surface area contributed by atoms with Gasteiger partial charge in [-0.15, -0.1) is 11.3 Å². The third kappa shape index (κ3) is 4.60. The van der Waals surface area contributed by atoms with E-state index in [1.165, 1.54) is 12.1 Å². The number of nitrogens with zero attached hydrogens (tertiary/aromatic N) is 5. The first-order chi connectivity index (χ1) is 19.7. The average Bonchev–Trinajstić information content (AvgIpc) is 3.19. The van der Waals surface area contributed by atoms with Gasteiger partial charge in [0.2, 0.25) is 0 Å². The van der Waals surface area contributed by atoms with Gasteiger partial charge >= 0.3 is 6.01 Å². The van der Waals surface area contributed by atoms with Crippen LogP contribution in [0.25, 0.3) is 32.1 Å². The van der Waals surface area contributed by atoms with E-state index in [0.717, 1.165) is 17.8 Å². The van der Waals surface area contributed by atoms with Gasteiger partial charge in [0.25, 0.3) is 0 Å². The van der Waals surface area contributed by atoms with Gasteiger partial charge in [-0.1, -0.05) is 29.8 Å². The Bertz CT molecular complexity index is 1770. The highest BCUT2D eigenvalue weighted by Gasteiger charge is 2.34. The molecule has 0 saturated heterocycles. The Balaban J connectivity index is 1.68. The fourth-order valence-corrected chi connectivity index (χ4v) is 6.78. The number of nitrogen functional groups attached to an aromatic ring is 1. The zero-order valence-electron chi connectivity index (χ0n) is 22.7. The Morgan fingerprint density at radius 3 is 2.80 bits per heavy atom. The highest BCUT2D eigenvalue weighted by molar-refractivity contribution is 7.23. The van der Waals surface area contributed by atoms with Gasteiger partial charge < -0.3 is 25.0 Å². The maximum atomic E-state index is 16.8. The summed E-state index contributed by atoms with van der Waals surface area (Å²) in [6.07, 6.45) is 5.31. The Morgan fingerprint density at radius 1 is 1.24 bits per heavy atom. The molecule has 0 amide bonds. The fraction of sp³-hybridized carbons (Fsp3) is 0.345. The normalized spacial score (nSPS) is 18.7. The molecule has 0 spiro atoms. The minimum absolute atomic E-state index is 0.0150. The van der Waals surface area contributed by atoms with Crippen LogP contribution in [0.5, 0.6) is 11.8 Å². The van der Waals surface area contributed by atoms with Crippen molar-refractivity contribution in [2.45, 2.75) is 31.9 Å². The van der Waals surface area contributed by atoms with E-state index < -0.39 is 11.6 Å². The number of nitriles is 1. The monoisotopic (exact) mass is 596 g/mol. The largest absolute Gasteiger partial charge is 0.489 e. The first kappa shape index (κ1) is 27.4. The predicted molar refractivity (Wildman–Crippen MR) is 158 cm³/mol. The summed E-state index contributed by atoms with van der Waals surface area (Å²) in [6, 6.07) is 4.56. The number of benzene rings is 2. The number of anilines is 2. The van der Waals surface area contributed by atoms with Gasteiger partial charge in [-0.3, -0.25) is 0 Å². The van der Waals surface area contributed by atoms with Crippen molar-refractivity contribution in [2.75, 3.05) is 44.4 Å². The van der Waals surface area contributed by atoms with Crippen LogP contribution < -0.4 is 20.1 Å². The fourth-order valence-electron chi connectivity index (χ4n) is 5.50. The van der Waals surface area contributed by atoms with Crippen molar-refractivity contribution >= 4 is 54.7 Å². The molecule has 4 aromatic rings. The first-order valence-corrected chi connectivity index (χ1v) is 14.4. The van der Waals surface area contributed by atoms with Gasteiger partial charge in [0.1, 0.15) is 40.9 Å². The molecule has 2 aromatic heterocycles. The molecule has 6 rings (SSSR count). The topological polar surface area (TPSA) is 101 Å². The van der Waals surface area contributed by atoms with E-state index in [2.05, 4.69) is 22.0 Å². The molecule has 1 unspecified atom stereocenters. The lowest BCUT2D eigenvalue weighted by Gasteiger charge is -2.28. The van der Waals surface area contributed by atoms with Crippen LogP contribution in [0.1, 0.15) is 25.3 Å². The molecule has 0 radical (unpaired) electrons. The molecule has 4 heterocycles. The Hall–Kier alpha value is -3.72. The van der Waals surface area contributed by atoms with E-state index in [-0.39, 0.29) is 72.8 Å². The second-order valence-corrected chi connectivity index (χ2v) is 11.9. The third-order valence-electron chi connectivity index (χ3n) is 7.36. The smallest absolute Gasteiger partial charge is 0.319 e. The molecule has 0 fully saturated rings. The number of nitrogens with two attached hydrogens (primary N) is 1. The van der Waals surface area contributed by atoms with E-state index in [0.29, 0.717) is 30.7 Å². The van der Waals surface area contributed by atoms with Crippen LogP contribution in [0, 0.1) is 23.0 Å². The molecule has 41 heavy (non-hydrogen) atoms. The lowest BCUT2D eigenvalue weighted by atomic mass is 9.96. The lowest BCUT2D eigenvalue weighted by molar-refractivity contribution is 0.150. The molecule has 2 aliphatic rings. The van der Waals surface area contributed by atoms with Crippen LogP contribution in [0.2, 0.25) is 5.02 Å². The third-order valence-corrected chi connectivity index (χ3v) is 8.75. The Kier molecular flexibility index (Phi) is 7.09. The zero-order valence-corrected chi connectivity index (χ0v) is 24.2. The zero-order chi connectivity index (χ0) is 29.0. The number of rotatable bonds is 3. The maximum absolute atomic E-state index is 16.8. The van der Waals surface area contributed by atoms with Gasteiger partial charge in [-0.25, -0.2) is 8.78 Å². The second kappa shape index (κ2) is 10.6. The highest BCUT2D eigenvalue weighted by Crippen LogP contribution is 2.51. The van der Waals surface area contributed by atoms with Crippen LogP contribution >= 0.6 is 22.9 Å². The molecule has 0 saturated carbocycles. The summed E-state index contributed by atoms with van der Waals surface area (Å²) in [4.78, 5) is 13.4. The summed E-state index contributed by atoms with van der Waals surface area (Å²) >= 11 is 7.88. The molecular formula is C29H27ClF2N6O2S. The Labute approximate surface area is 244 Å². The minimum atomic E-state index is -0.751. The van der Waals surface area contributed by atoms with Crippen molar-refractivity contribution in [3.8, 4) is 29.0 Å². The molecule has 2 bridgehead atoms. The number of thiophene rings is 1. The second-order valence-electron chi connectivity index (χ2n) is 10.5. The number of fused-ring (bicyclic) bond motifs is 2. The lowest BCUT2D eigenvalue weighted by Crippen LogP contribution is -2.37. The van der Waals surface area contributed by atoms with Crippen LogP contribution in [-0.2, 0) is 0 Å². The Morgan fingerprint density at radius 2 is 2.05 bits per heavy atom. The standard InChI is InChI=1S/C29H27ClF2N6O2S/c1-14-13-39-25-21-24(35-29-36-28(21)38(14)10-6-4-5-7-15(40-29)12-37(2)3)23(32)20(22(25)30)16-8-9-18(31)26-19(16)17(11-33)27(34)41-26/h4-5,8-9,14-15H,6-7,10,12-13,34H2,1-3H3/t14-,15?/m0/s1. The highest BCUT2D eigenvalue weighted by atomic mass is 35.5. The van der Waals surface area contributed by atoms with Gasteiger partial charge in [0.05, 0.1) is 26.7 Å². The van der Waals surface area contributed by atoms with Crippen molar-refractivity contribution in [1.29, 1.82) is 5.26 Å². The van der Waals surface area contributed by atoms with E-state index in [4.69, 9.17) is 31.8 Å². The number of aromatic nitrogens is 2. The molecule has 8 nitrogen and oxygen atoms in total. The summed E-state index contributed by atoms with van der Waals surface area (Å²) in [7, 11) is 3.90. The molecule has 2 N–H and O–H groups in total. The van der Waals surface area contributed by atoms with Gasteiger partial charge in [-0.2, -0.15) is 15.2 Å². The van der Waals surface area contributed by atoms with Crippen molar-refractivity contribution in [3.05, 3.63) is 46.5 Å². The molecule has 2 aliphatic heterocycles. The molecule has 212 valence electrons. The number of hydrogen-bond acceptors (Lipinski definition) is 9. The number of hydrogen-bond donors (Lipinski definition) is 1. The summed E-state index contributed by atoms with van der Waals surface area (Å²) in [5.74, 6) is -0.620. The summed E-state index contributed by atoms with van der Waals surface area (Å²) in [5, 5.41) is 10.5. The summed E-state index contributed by atoms with van der Waals surface area (Å²) in [6.45, 7) is 3.48. The maximum Gasteiger partial charge on any atom is 0.319 e. The summed E-state index contributed by atoms with van der Waals surface area (Å²) < 4.78 is 44.3. The SMILES string of the molecule is C[C@H]1COc2c(Cl)c(-c3ccc(F)c4sc(N)c(C#N)c34)c(F)c3nc4nc(c23)N1CCC=CCC(CN(C)C)O4. The summed E-state index contributed by atoms with van der Waals surface area (Å²) in [5.41, 5.74) is 6.25. The number of ether oxygens (including phenoxy) is 2. The van der Waals surface area contributed by atoms with Crippen LogP contribution in [0.15, 0.2) is 24.3 Å². The molecular weight excluding hydrogens is 570 g/mol. The quantitative estimate of drug-likeness (QED) is 0.281. The van der Waals surface area contributed by atoms with Gasteiger partial charge in [0, 0.05) is 30.5 Å². The van der Waals surface area contributed by atoms with E-state index >= 15 is 4.39 Å². The van der Waals surface area contributed by atoms with Crippen molar-refractivity contribution < 1.29 is 18.3 Å². The average molecular weight is 597 g/mol. The molecule has 0 aliphatic carbocycles. The van der Waals surface area contributed by atoms with E-state index in [1.807, 2.05) is 32.0 Å². The molecule has 12 heteroatoms. The number of likely N-dealkylation sites (N-methyl/N-ethyl adjacent to an activating group) is 1. The number of halogens is 3. The van der Waals surface area contributed by atoms with Crippen molar-refractivity contribution in [1.82, 2.24) is 14.9 Å². The van der Waals surface area contributed by atoms with Crippen LogP contribution in [-0.4, -0.2) is 60.8 Å². The van der Waals surface area contributed by atoms with Gasteiger partial charge in [-0.05, 0) is 39.1 Å². The first-order valence-electron chi connectivity index (χ1n) is 13.2. The van der Waals surface area contributed by atoms with Crippen LogP contribution in [0.4, 0.5) is 19.6 Å². The molecule has 2 atom stereocenters. The van der Waals surface area contributed by atoms with Crippen molar-refractivity contribution in [3.63, 3.8) is 0 Å². The molecule has 2 aromatic carbocycles.